The monoisotopic (exact) mass is 180 g/mol. The molecule has 0 radical (unpaired) electrons. The van der Waals surface area contributed by atoms with E-state index >= 15 is 0 Å². The van der Waals surface area contributed by atoms with Gasteiger partial charge >= 0.3 is 0 Å². The van der Waals surface area contributed by atoms with Crippen molar-refractivity contribution in [2.45, 2.75) is 52.9 Å². The quantitative estimate of drug-likeness (QED) is 0.613. The lowest BCUT2D eigenvalue weighted by molar-refractivity contribution is 0.389. The van der Waals surface area contributed by atoms with E-state index in [1.807, 2.05) is 0 Å². The average molecular weight is 180 g/mol. The molecular weight excluding hydrogens is 156 g/mol. The van der Waals surface area contributed by atoms with Gasteiger partial charge < -0.3 is 0 Å². The standard InChI is InChI=1S/C13H24/c1-4-10-5-6-11(7-10)13-8-12(13)9(2)3/h9-13H,4-8H2,1-3H3. The van der Waals surface area contributed by atoms with Gasteiger partial charge in [-0.25, -0.2) is 0 Å². The van der Waals surface area contributed by atoms with Gasteiger partial charge in [0, 0.05) is 0 Å². The molecular formula is C13H24. The van der Waals surface area contributed by atoms with E-state index in [1.165, 1.54) is 12.8 Å². The van der Waals surface area contributed by atoms with Crippen molar-refractivity contribution in [1.82, 2.24) is 0 Å². The molecule has 0 nitrogen and oxygen atoms in total. The molecule has 0 aromatic heterocycles. The van der Waals surface area contributed by atoms with E-state index in [2.05, 4.69) is 20.8 Å². The molecule has 0 heteroatoms. The van der Waals surface area contributed by atoms with Gasteiger partial charge in [0.1, 0.15) is 0 Å². The number of hydrogen-bond donors (Lipinski definition) is 0. The van der Waals surface area contributed by atoms with Crippen LogP contribution in [-0.2, 0) is 0 Å². The minimum Gasteiger partial charge on any atom is -0.0651 e. The summed E-state index contributed by atoms with van der Waals surface area (Å²) in [7, 11) is 0. The smallest absolute Gasteiger partial charge is 0.0352 e. The van der Waals surface area contributed by atoms with Crippen molar-refractivity contribution in [3.8, 4) is 0 Å². The van der Waals surface area contributed by atoms with Crippen LogP contribution in [0.1, 0.15) is 52.9 Å². The Bertz CT molecular complexity index is 171. The molecule has 76 valence electrons. The van der Waals surface area contributed by atoms with Crippen LogP contribution in [0.4, 0.5) is 0 Å². The number of hydrogen-bond acceptors (Lipinski definition) is 0. The van der Waals surface area contributed by atoms with Crippen LogP contribution >= 0.6 is 0 Å². The third-order valence-electron chi connectivity index (χ3n) is 4.51. The minimum absolute atomic E-state index is 0.950. The molecule has 4 atom stereocenters. The van der Waals surface area contributed by atoms with Gasteiger partial charge in [0.15, 0.2) is 0 Å². The fourth-order valence-electron chi connectivity index (χ4n) is 3.42. The fraction of sp³-hybridized carbons (Fsp3) is 1.00. The first kappa shape index (κ1) is 9.55. The van der Waals surface area contributed by atoms with Gasteiger partial charge in [0.25, 0.3) is 0 Å². The molecule has 0 bridgehead atoms. The molecule has 0 aromatic rings. The van der Waals surface area contributed by atoms with E-state index in [0.29, 0.717) is 0 Å². The molecule has 0 heterocycles. The zero-order valence-corrected chi connectivity index (χ0v) is 9.42. The maximum atomic E-state index is 2.40. The molecule has 0 spiro atoms. The maximum Gasteiger partial charge on any atom is -0.0352 e. The van der Waals surface area contributed by atoms with Crippen molar-refractivity contribution in [3.63, 3.8) is 0 Å². The molecule has 0 aliphatic heterocycles. The van der Waals surface area contributed by atoms with Crippen LogP contribution in [0.25, 0.3) is 0 Å². The summed E-state index contributed by atoms with van der Waals surface area (Å²) in [6, 6.07) is 0. The van der Waals surface area contributed by atoms with Gasteiger partial charge in [-0.15, -0.1) is 0 Å². The van der Waals surface area contributed by atoms with Crippen molar-refractivity contribution in [3.05, 3.63) is 0 Å². The van der Waals surface area contributed by atoms with E-state index in [4.69, 9.17) is 0 Å². The molecule has 2 aliphatic carbocycles. The lowest BCUT2D eigenvalue weighted by Crippen LogP contribution is -2.03. The second-order valence-corrected chi connectivity index (χ2v) is 5.65. The average Bonchev–Trinajstić information content (AvgIpc) is 2.78. The summed E-state index contributed by atoms with van der Waals surface area (Å²) in [5.74, 6) is 5.39. The SMILES string of the molecule is CCC1CCC(C2CC2C(C)C)C1. The van der Waals surface area contributed by atoms with Gasteiger partial charge in [-0.1, -0.05) is 33.6 Å². The van der Waals surface area contributed by atoms with Crippen LogP contribution < -0.4 is 0 Å². The van der Waals surface area contributed by atoms with Crippen LogP contribution in [0.15, 0.2) is 0 Å². The first-order valence-corrected chi connectivity index (χ1v) is 6.22. The lowest BCUT2D eigenvalue weighted by atomic mass is 9.95. The highest BCUT2D eigenvalue weighted by Crippen LogP contribution is 2.54. The van der Waals surface area contributed by atoms with Crippen molar-refractivity contribution < 1.29 is 0 Å². The highest BCUT2D eigenvalue weighted by molar-refractivity contribution is 4.95. The van der Waals surface area contributed by atoms with Crippen molar-refractivity contribution in [2.75, 3.05) is 0 Å². The van der Waals surface area contributed by atoms with Crippen molar-refractivity contribution in [1.29, 1.82) is 0 Å². The molecule has 4 unspecified atom stereocenters. The predicted octanol–water partition coefficient (Wildman–Crippen LogP) is 4.10. The number of rotatable bonds is 3. The van der Waals surface area contributed by atoms with E-state index in [-0.39, 0.29) is 0 Å². The van der Waals surface area contributed by atoms with E-state index < -0.39 is 0 Å². The van der Waals surface area contributed by atoms with Crippen LogP contribution in [-0.4, -0.2) is 0 Å². The molecule has 0 saturated heterocycles. The topological polar surface area (TPSA) is 0 Å². The third kappa shape index (κ3) is 1.92. The summed E-state index contributed by atoms with van der Waals surface area (Å²) >= 11 is 0. The Morgan fingerprint density at radius 3 is 2.38 bits per heavy atom. The first-order valence-electron chi connectivity index (χ1n) is 6.22. The van der Waals surface area contributed by atoms with Crippen LogP contribution in [0.3, 0.4) is 0 Å². The Morgan fingerprint density at radius 2 is 1.92 bits per heavy atom. The molecule has 0 amide bonds. The Morgan fingerprint density at radius 1 is 1.15 bits per heavy atom. The summed E-state index contributed by atoms with van der Waals surface area (Å²) in [4.78, 5) is 0. The molecule has 2 rings (SSSR count). The van der Waals surface area contributed by atoms with E-state index in [1.54, 1.807) is 19.3 Å². The largest absolute Gasteiger partial charge is 0.0651 e. The normalized spacial score (nSPS) is 44.3. The van der Waals surface area contributed by atoms with Gasteiger partial charge in [0.05, 0.1) is 0 Å². The zero-order valence-electron chi connectivity index (χ0n) is 9.42. The van der Waals surface area contributed by atoms with Gasteiger partial charge in [-0.3, -0.25) is 0 Å². The summed E-state index contributed by atoms with van der Waals surface area (Å²) in [5.41, 5.74) is 0. The highest BCUT2D eigenvalue weighted by Gasteiger charge is 2.45. The Labute approximate surface area is 83.1 Å². The second-order valence-electron chi connectivity index (χ2n) is 5.65. The molecule has 13 heavy (non-hydrogen) atoms. The molecule has 0 N–H and O–H groups in total. The fourth-order valence-corrected chi connectivity index (χ4v) is 3.42. The van der Waals surface area contributed by atoms with Gasteiger partial charge in [0.2, 0.25) is 0 Å². The Hall–Kier alpha value is 0. The maximum absolute atomic E-state index is 2.40. The van der Waals surface area contributed by atoms with Crippen LogP contribution in [0, 0.1) is 29.6 Å². The lowest BCUT2D eigenvalue weighted by Gasteiger charge is -2.11. The summed E-state index contributed by atoms with van der Waals surface area (Å²) in [6.45, 7) is 7.16. The summed E-state index contributed by atoms with van der Waals surface area (Å²) < 4.78 is 0. The minimum atomic E-state index is 0.950. The predicted molar refractivity (Wildman–Crippen MR) is 57.6 cm³/mol. The third-order valence-corrected chi connectivity index (χ3v) is 4.51. The highest BCUT2D eigenvalue weighted by atomic mass is 14.5. The zero-order chi connectivity index (χ0) is 9.42. The van der Waals surface area contributed by atoms with E-state index in [0.717, 1.165) is 29.6 Å². The van der Waals surface area contributed by atoms with Crippen molar-refractivity contribution in [2.24, 2.45) is 29.6 Å². The van der Waals surface area contributed by atoms with Crippen LogP contribution in [0.5, 0.6) is 0 Å². The van der Waals surface area contributed by atoms with Crippen LogP contribution in [0.2, 0.25) is 0 Å². The summed E-state index contributed by atoms with van der Waals surface area (Å²) in [6.07, 6.45) is 7.62. The summed E-state index contributed by atoms with van der Waals surface area (Å²) in [5, 5.41) is 0. The molecule has 2 saturated carbocycles. The van der Waals surface area contributed by atoms with Crippen molar-refractivity contribution >= 4 is 0 Å². The molecule has 0 aromatic carbocycles. The Balaban J connectivity index is 1.79. The van der Waals surface area contributed by atoms with Gasteiger partial charge in [-0.05, 0) is 48.9 Å². The molecule has 2 fully saturated rings. The second kappa shape index (κ2) is 3.63. The van der Waals surface area contributed by atoms with E-state index in [9.17, 15) is 0 Å². The Kier molecular flexibility index (Phi) is 2.67. The molecule has 2 aliphatic rings. The van der Waals surface area contributed by atoms with Gasteiger partial charge in [-0.2, -0.15) is 0 Å². The first-order chi connectivity index (χ1) is 6.22.